The Morgan fingerprint density at radius 1 is 1.31 bits per heavy atom. The van der Waals surface area contributed by atoms with Crippen LogP contribution < -0.4 is 0 Å². The zero-order valence-electron chi connectivity index (χ0n) is 6.28. The van der Waals surface area contributed by atoms with Gasteiger partial charge in [0.2, 0.25) is 0 Å². The zero-order valence-corrected chi connectivity index (χ0v) is 9.42. The fourth-order valence-corrected chi connectivity index (χ4v) is 3.18. The Kier molecular flexibility index (Phi) is 2.96. The standard InChI is InChI=1S/C7H4Cl2N2S2/c8-11(9)13-7-10-5-3-1-2-4-6(5)12-7/h1-4H. The molecule has 0 aliphatic carbocycles. The Morgan fingerprint density at radius 3 is 2.77 bits per heavy atom. The van der Waals surface area contributed by atoms with Crippen LogP contribution in [-0.4, -0.2) is 8.33 Å². The van der Waals surface area contributed by atoms with Crippen molar-refractivity contribution >= 4 is 57.1 Å². The first-order chi connectivity index (χ1) is 6.25. The van der Waals surface area contributed by atoms with E-state index in [1.54, 1.807) is 11.3 Å². The summed E-state index contributed by atoms with van der Waals surface area (Å²) < 4.78 is 2.98. The second kappa shape index (κ2) is 4.02. The summed E-state index contributed by atoms with van der Waals surface area (Å²) in [5, 5.41) is 0. The molecule has 1 aromatic carbocycles. The quantitative estimate of drug-likeness (QED) is 0.594. The molecule has 1 aromatic heterocycles. The second-order valence-electron chi connectivity index (χ2n) is 2.24. The van der Waals surface area contributed by atoms with E-state index in [2.05, 4.69) is 4.98 Å². The molecule has 6 heteroatoms. The van der Waals surface area contributed by atoms with Crippen LogP contribution in [-0.2, 0) is 0 Å². The summed E-state index contributed by atoms with van der Waals surface area (Å²) >= 11 is 13.7. The summed E-state index contributed by atoms with van der Waals surface area (Å²) in [6.07, 6.45) is 0. The molecule has 68 valence electrons. The molecular formula is C7H4Cl2N2S2. The molecule has 13 heavy (non-hydrogen) atoms. The van der Waals surface area contributed by atoms with Crippen molar-refractivity contribution in [2.24, 2.45) is 0 Å². The lowest BCUT2D eigenvalue weighted by Crippen LogP contribution is -1.79. The van der Waals surface area contributed by atoms with E-state index in [-0.39, 0.29) is 0 Å². The van der Waals surface area contributed by atoms with Gasteiger partial charge in [0.25, 0.3) is 0 Å². The van der Waals surface area contributed by atoms with E-state index in [1.807, 2.05) is 24.3 Å². The van der Waals surface area contributed by atoms with Crippen molar-refractivity contribution in [2.45, 2.75) is 4.34 Å². The molecular weight excluding hydrogens is 247 g/mol. The molecule has 0 aliphatic heterocycles. The van der Waals surface area contributed by atoms with Gasteiger partial charge in [0.05, 0.1) is 10.2 Å². The number of halogens is 2. The van der Waals surface area contributed by atoms with E-state index in [4.69, 9.17) is 23.6 Å². The van der Waals surface area contributed by atoms with E-state index >= 15 is 0 Å². The fraction of sp³-hybridized carbons (Fsp3) is 0. The number of benzene rings is 1. The van der Waals surface area contributed by atoms with Gasteiger partial charge in [-0.05, 0) is 12.1 Å². The average Bonchev–Trinajstić information content (AvgIpc) is 2.44. The third-order valence-corrected chi connectivity index (χ3v) is 3.53. The molecule has 0 amide bonds. The first kappa shape index (κ1) is 9.55. The van der Waals surface area contributed by atoms with Gasteiger partial charge in [0.1, 0.15) is 0 Å². The number of nitrogens with zero attached hydrogens (tertiary/aromatic N) is 2. The van der Waals surface area contributed by atoms with Crippen molar-refractivity contribution < 1.29 is 0 Å². The van der Waals surface area contributed by atoms with Crippen LogP contribution in [0.3, 0.4) is 0 Å². The van der Waals surface area contributed by atoms with Crippen molar-refractivity contribution in [2.75, 3.05) is 0 Å². The molecule has 2 nitrogen and oxygen atoms in total. The van der Waals surface area contributed by atoms with Gasteiger partial charge in [-0.1, -0.05) is 15.5 Å². The Bertz CT molecular complexity index is 383. The van der Waals surface area contributed by atoms with Gasteiger partial charge in [-0.25, -0.2) is 4.98 Å². The van der Waals surface area contributed by atoms with Gasteiger partial charge in [0.15, 0.2) is 4.34 Å². The van der Waals surface area contributed by atoms with Crippen LogP contribution in [0.1, 0.15) is 0 Å². The Morgan fingerprint density at radius 2 is 2.08 bits per heavy atom. The molecule has 0 radical (unpaired) electrons. The van der Waals surface area contributed by atoms with E-state index in [0.29, 0.717) is 0 Å². The smallest absolute Gasteiger partial charge is 0.168 e. The minimum absolute atomic E-state index is 0.839. The highest BCUT2D eigenvalue weighted by atomic mass is 35.5. The molecule has 0 aliphatic rings. The fourth-order valence-electron chi connectivity index (χ4n) is 0.949. The van der Waals surface area contributed by atoms with Gasteiger partial charge in [-0.3, -0.25) is 0 Å². The maximum Gasteiger partial charge on any atom is 0.168 e. The predicted octanol–water partition coefficient (Wildman–Crippen LogP) is 3.91. The molecule has 0 saturated heterocycles. The average molecular weight is 251 g/mol. The van der Waals surface area contributed by atoms with E-state index < -0.39 is 0 Å². The maximum absolute atomic E-state index is 5.47. The maximum atomic E-state index is 5.47. The summed E-state index contributed by atoms with van der Waals surface area (Å²) in [6, 6.07) is 7.91. The van der Waals surface area contributed by atoms with E-state index in [9.17, 15) is 0 Å². The van der Waals surface area contributed by atoms with Crippen molar-refractivity contribution in [3.05, 3.63) is 24.3 Å². The predicted molar refractivity (Wildman–Crippen MR) is 59.0 cm³/mol. The monoisotopic (exact) mass is 250 g/mol. The molecule has 0 unspecified atom stereocenters. The molecule has 2 rings (SSSR count). The third kappa shape index (κ3) is 2.27. The van der Waals surface area contributed by atoms with Crippen molar-refractivity contribution in [3.8, 4) is 0 Å². The van der Waals surface area contributed by atoms with Crippen LogP contribution in [0.15, 0.2) is 28.6 Å². The summed E-state index contributed by atoms with van der Waals surface area (Å²) in [6.45, 7) is 0. The van der Waals surface area contributed by atoms with Crippen molar-refractivity contribution in [1.82, 2.24) is 8.33 Å². The number of para-hydroxylation sites is 1. The largest absolute Gasteiger partial charge is 0.228 e. The number of thiazole rings is 1. The highest BCUT2D eigenvalue weighted by molar-refractivity contribution is 8.00. The lowest BCUT2D eigenvalue weighted by Gasteiger charge is -1.95. The SMILES string of the molecule is ClN(Cl)Sc1nc2ccccc2s1. The minimum atomic E-state index is 0.839. The molecule has 2 aromatic rings. The van der Waals surface area contributed by atoms with E-state index in [1.165, 1.54) is 11.9 Å². The zero-order chi connectivity index (χ0) is 9.26. The topological polar surface area (TPSA) is 16.1 Å². The highest BCUT2D eigenvalue weighted by Crippen LogP contribution is 2.33. The Labute approximate surface area is 93.8 Å². The summed E-state index contributed by atoms with van der Waals surface area (Å²) in [4.78, 5) is 4.32. The highest BCUT2D eigenvalue weighted by Gasteiger charge is 2.06. The minimum Gasteiger partial charge on any atom is -0.228 e. The summed E-state index contributed by atoms with van der Waals surface area (Å²) in [7, 11) is 0. The molecule has 0 atom stereocenters. The number of aromatic nitrogens is 1. The first-order valence-corrected chi connectivity index (χ1v) is 5.67. The lowest BCUT2D eigenvalue weighted by atomic mass is 10.3. The Balaban J connectivity index is 2.38. The number of hydrogen-bond acceptors (Lipinski definition) is 4. The van der Waals surface area contributed by atoms with Crippen LogP contribution in [0.25, 0.3) is 10.2 Å². The molecule has 0 saturated carbocycles. The first-order valence-electron chi connectivity index (χ1n) is 3.41. The number of fused-ring (bicyclic) bond motifs is 1. The normalized spacial score (nSPS) is 11.3. The van der Waals surface area contributed by atoms with Crippen LogP contribution >= 0.6 is 46.8 Å². The molecule has 0 spiro atoms. The van der Waals surface area contributed by atoms with Crippen LogP contribution in [0.5, 0.6) is 0 Å². The van der Waals surface area contributed by atoms with Gasteiger partial charge >= 0.3 is 0 Å². The third-order valence-electron chi connectivity index (χ3n) is 1.42. The Hall–Kier alpha value is -0.000000000000000194. The van der Waals surface area contributed by atoms with Crippen molar-refractivity contribution in [3.63, 3.8) is 0 Å². The van der Waals surface area contributed by atoms with Gasteiger partial charge in [0, 0.05) is 35.5 Å². The molecule has 1 heterocycles. The van der Waals surface area contributed by atoms with Crippen LogP contribution in [0.4, 0.5) is 0 Å². The molecule has 0 N–H and O–H groups in total. The van der Waals surface area contributed by atoms with Crippen molar-refractivity contribution in [1.29, 1.82) is 0 Å². The van der Waals surface area contributed by atoms with Gasteiger partial charge in [-0.2, -0.15) is 0 Å². The van der Waals surface area contributed by atoms with E-state index in [0.717, 1.165) is 17.9 Å². The summed E-state index contributed by atoms with van der Waals surface area (Å²) in [5.74, 6) is 0. The van der Waals surface area contributed by atoms with Crippen LogP contribution in [0.2, 0.25) is 0 Å². The number of hydrogen-bond donors (Lipinski definition) is 0. The summed E-state index contributed by atoms with van der Waals surface area (Å²) in [5.41, 5.74) is 0.977. The lowest BCUT2D eigenvalue weighted by molar-refractivity contribution is 1.18. The van der Waals surface area contributed by atoms with Gasteiger partial charge in [-0.15, -0.1) is 11.3 Å². The van der Waals surface area contributed by atoms with Crippen LogP contribution in [0, 0.1) is 0 Å². The second-order valence-corrected chi connectivity index (χ2v) is 5.71. The molecule has 0 bridgehead atoms. The van der Waals surface area contributed by atoms with Gasteiger partial charge < -0.3 is 0 Å². The number of rotatable bonds is 2. The molecule has 0 fully saturated rings.